The summed E-state index contributed by atoms with van der Waals surface area (Å²) in [4.78, 5) is 30.5. The van der Waals surface area contributed by atoms with Crippen LogP contribution in [0.5, 0.6) is 0 Å². The van der Waals surface area contributed by atoms with Gasteiger partial charge in [-0.2, -0.15) is 11.3 Å². The minimum Gasteiger partial charge on any atom is -0.450 e. The zero-order chi connectivity index (χ0) is 16.9. The van der Waals surface area contributed by atoms with Gasteiger partial charge in [0.05, 0.1) is 12.2 Å². The van der Waals surface area contributed by atoms with E-state index in [1.165, 1.54) is 0 Å². The zero-order valence-corrected chi connectivity index (χ0v) is 15.0. The van der Waals surface area contributed by atoms with Gasteiger partial charge in [0.1, 0.15) is 0 Å². The number of piperidine rings is 1. The van der Waals surface area contributed by atoms with Gasteiger partial charge < -0.3 is 14.5 Å². The molecule has 1 aromatic heterocycles. The molecule has 2 amide bonds. The van der Waals surface area contributed by atoms with E-state index in [1.807, 2.05) is 28.7 Å². The molecule has 3 heterocycles. The normalized spacial score (nSPS) is 22.5. The third-order valence-electron chi connectivity index (χ3n) is 4.81. The highest BCUT2D eigenvalue weighted by Crippen LogP contribution is 2.20. The second-order valence-electron chi connectivity index (χ2n) is 6.28. The highest BCUT2D eigenvalue weighted by molar-refractivity contribution is 7.08. The first kappa shape index (κ1) is 17.2. The van der Waals surface area contributed by atoms with E-state index >= 15 is 0 Å². The topological polar surface area (TPSA) is 53.1 Å². The molecule has 0 aromatic carbocycles. The standard InChI is InChI=1S/C17H25N3O3S/c1-2-23-17(22)19-9-7-18(8-10-19)15-4-3-6-20(12-15)16(21)14-5-11-24-13-14/h5,11,13,15H,2-4,6-10,12H2,1H3/t15-/m1/s1. The highest BCUT2D eigenvalue weighted by Gasteiger charge is 2.31. The van der Waals surface area contributed by atoms with Gasteiger partial charge in [-0.3, -0.25) is 9.69 Å². The summed E-state index contributed by atoms with van der Waals surface area (Å²) in [6, 6.07) is 2.29. The zero-order valence-electron chi connectivity index (χ0n) is 14.1. The number of hydrogen-bond acceptors (Lipinski definition) is 5. The van der Waals surface area contributed by atoms with Crippen LogP contribution in [0.2, 0.25) is 0 Å². The second kappa shape index (κ2) is 7.98. The minimum absolute atomic E-state index is 0.145. The van der Waals surface area contributed by atoms with Crippen molar-refractivity contribution < 1.29 is 14.3 Å². The predicted molar refractivity (Wildman–Crippen MR) is 93.4 cm³/mol. The first-order valence-electron chi connectivity index (χ1n) is 8.66. The molecule has 132 valence electrons. The fourth-order valence-corrected chi connectivity index (χ4v) is 4.12. The van der Waals surface area contributed by atoms with Crippen molar-refractivity contribution in [2.24, 2.45) is 0 Å². The Labute approximate surface area is 147 Å². The second-order valence-corrected chi connectivity index (χ2v) is 7.06. The molecule has 0 aliphatic carbocycles. The van der Waals surface area contributed by atoms with Gasteiger partial charge in [-0.25, -0.2) is 4.79 Å². The predicted octanol–water partition coefficient (Wildman–Crippen LogP) is 2.13. The summed E-state index contributed by atoms with van der Waals surface area (Å²) in [5.41, 5.74) is 0.799. The van der Waals surface area contributed by atoms with E-state index in [-0.39, 0.29) is 12.0 Å². The Balaban J connectivity index is 1.52. The Bertz CT molecular complexity index is 555. The van der Waals surface area contributed by atoms with E-state index < -0.39 is 0 Å². The van der Waals surface area contributed by atoms with Crippen molar-refractivity contribution in [3.8, 4) is 0 Å². The molecule has 0 spiro atoms. The molecule has 0 saturated carbocycles. The Hall–Kier alpha value is -1.60. The third kappa shape index (κ3) is 3.89. The molecule has 24 heavy (non-hydrogen) atoms. The van der Waals surface area contributed by atoms with Gasteiger partial charge in [0.25, 0.3) is 5.91 Å². The number of carbonyl (C=O) groups excluding carboxylic acids is 2. The Morgan fingerprint density at radius 1 is 1.21 bits per heavy atom. The van der Waals surface area contributed by atoms with Crippen LogP contribution in [0.15, 0.2) is 16.8 Å². The van der Waals surface area contributed by atoms with Crippen LogP contribution in [0.4, 0.5) is 4.79 Å². The molecule has 6 nitrogen and oxygen atoms in total. The minimum atomic E-state index is -0.213. The average molecular weight is 351 g/mol. The van der Waals surface area contributed by atoms with Crippen molar-refractivity contribution in [3.05, 3.63) is 22.4 Å². The van der Waals surface area contributed by atoms with E-state index in [0.29, 0.717) is 25.7 Å². The van der Waals surface area contributed by atoms with Crippen molar-refractivity contribution in [3.63, 3.8) is 0 Å². The van der Waals surface area contributed by atoms with Crippen LogP contribution in [-0.4, -0.2) is 78.6 Å². The summed E-state index contributed by atoms with van der Waals surface area (Å²) in [5, 5.41) is 3.87. The molecule has 1 atom stereocenters. The first-order chi connectivity index (χ1) is 11.7. The number of amides is 2. The summed E-state index contributed by atoms with van der Waals surface area (Å²) in [6.45, 7) is 6.98. The largest absolute Gasteiger partial charge is 0.450 e. The molecule has 2 aliphatic heterocycles. The summed E-state index contributed by atoms with van der Waals surface area (Å²) in [7, 11) is 0. The van der Waals surface area contributed by atoms with Crippen LogP contribution in [0.3, 0.4) is 0 Å². The fourth-order valence-electron chi connectivity index (χ4n) is 3.49. The number of carbonyl (C=O) groups is 2. The maximum atomic E-state index is 12.5. The van der Waals surface area contributed by atoms with E-state index in [0.717, 1.165) is 44.6 Å². The summed E-state index contributed by atoms with van der Waals surface area (Å²) < 4.78 is 5.07. The lowest BCUT2D eigenvalue weighted by atomic mass is 10.0. The highest BCUT2D eigenvalue weighted by atomic mass is 32.1. The van der Waals surface area contributed by atoms with Crippen LogP contribution in [0, 0.1) is 0 Å². The van der Waals surface area contributed by atoms with Crippen LogP contribution >= 0.6 is 11.3 Å². The monoisotopic (exact) mass is 351 g/mol. The van der Waals surface area contributed by atoms with Gasteiger partial charge >= 0.3 is 6.09 Å². The Morgan fingerprint density at radius 3 is 2.67 bits per heavy atom. The van der Waals surface area contributed by atoms with Crippen LogP contribution in [0.25, 0.3) is 0 Å². The van der Waals surface area contributed by atoms with E-state index in [1.54, 1.807) is 16.2 Å². The number of rotatable bonds is 3. The number of likely N-dealkylation sites (tertiary alicyclic amines) is 1. The maximum Gasteiger partial charge on any atom is 0.409 e. The summed E-state index contributed by atoms with van der Waals surface area (Å²) in [5.74, 6) is 0.145. The van der Waals surface area contributed by atoms with Gasteiger partial charge in [-0.05, 0) is 31.2 Å². The van der Waals surface area contributed by atoms with Crippen molar-refractivity contribution in [1.82, 2.24) is 14.7 Å². The van der Waals surface area contributed by atoms with Crippen molar-refractivity contribution in [2.75, 3.05) is 45.9 Å². The number of thiophene rings is 1. The SMILES string of the molecule is CCOC(=O)N1CCN([C@@H]2CCCN(C(=O)c3ccsc3)C2)CC1. The van der Waals surface area contributed by atoms with E-state index in [9.17, 15) is 9.59 Å². The van der Waals surface area contributed by atoms with Crippen molar-refractivity contribution in [2.45, 2.75) is 25.8 Å². The third-order valence-corrected chi connectivity index (χ3v) is 5.49. The number of ether oxygens (including phenoxy) is 1. The number of nitrogens with zero attached hydrogens (tertiary/aromatic N) is 3. The quantitative estimate of drug-likeness (QED) is 0.837. The lowest BCUT2D eigenvalue weighted by Crippen LogP contribution is -2.56. The molecule has 2 fully saturated rings. The molecule has 0 unspecified atom stereocenters. The maximum absolute atomic E-state index is 12.5. The molecule has 0 radical (unpaired) electrons. The molecular formula is C17H25N3O3S. The summed E-state index contributed by atoms with van der Waals surface area (Å²) in [6.07, 6.45) is 1.95. The van der Waals surface area contributed by atoms with E-state index in [4.69, 9.17) is 4.74 Å². The molecule has 0 bridgehead atoms. The molecule has 1 aromatic rings. The lowest BCUT2D eigenvalue weighted by Gasteiger charge is -2.43. The van der Waals surface area contributed by atoms with Gasteiger partial charge in [0.2, 0.25) is 0 Å². The summed E-state index contributed by atoms with van der Waals surface area (Å²) >= 11 is 1.56. The molecule has 0 N–H and O–H groups in total. The Morgan fingerprint density at radius 2 is 2.00 bits per heavy atom. The van der Waals surface area contributed by atoms with Crippen LogP contribution in [0.1, 0.15) is 30.1 Å². The van der Waals surface area contributed by atoms with Gasteiger partial charge in [-0.1, -0.05) is 0 Å². The molecular weight excluding hydrogens is 326 g/mol. The Kier molecular flexibility index (Phi) is 5.73. The number of hydrogen-bond donors (Lipinski definition) is 0. The molecule has 7 heteroatoms. The van der Waals surface area contributed by atoms with Gasteiger partial charge in [-0.15, -0.1) is 0 Å². The lowest BCUT2D eigenvalue weighted by molar-refractivity contribution is 0.0378. The fraction of sp³-hybridized carbons (Fsp3) is 0.647. The van der Waals surface area contributed by atoms with Gasteiger partial charge in [0.15, 0.2) is 0 Å². The molecule has 2 aliphatic rings. The number of piperazine rings is 1. The van der Waals surface area contributed by atoms with E-state index in [2.05, 4.69) is 4.90 Å². The molecule has 3 rings (SSSR count). The van der Waals surface area contributed by atoms with Gasteiger partial charge in [0, 0.05) is 50.7 Å². The van der Waals surface area contributed by atoms with Crippen molar-refractivity contribution >= 4 is 23.3 Å². The van der Waals surface area contributed by atoms with Crippen LogP contribution in [-0.2, 0) is 4.74 Å². The van der Waals surface area contributed by atoms with Crippen molar-refractivity contribution in [1.29, 1.82) is 0 Å². The average Bonchev–Trinajstić information content (AvgIpc) is 3.16. The molecule has 2 saturated heterocycles. The first-order valence-corrected chi connectivity index (χ1v) is 9.60. The van der Waals surface area contributed by atoms with Crippen LogP contribution < -0.4 is 0 Å². The smallest absolute Gasteiger partial charge is 0.409 e.